The number of ether oxygens (including phenoxy) is 3. The van der Waals surface area contributed by atoms with Gasteiger partial charge < -0.3 is 19.0 Å². The number of oxime groups is 1. The summed E-state index contributed by atoms with van der Waals surface area (Å²) in [5.41, 5.74) is 2.25. The molecule has 0 saturated heterocycles. The lowest BCUT2D eigenvalue weighted by Crippen LogP contribution is -2.15. The molecule has 0 fully saturated rings. The van der Waals surface area contributed by atoms with Crippen LogP contribution in [0.4, 0.5) is 0 Å². The van der Waals surface area contributed by atoms with Crippen LogP contribution in [0.25, 0.3) is 0 Å². The van der Waals surface area contributed by atoms with Crippen LogP contribution in [0.3, 0.4) is 0 Å². The second-order valence-corrected chi connectivity index (χ2v) is 9.15. The van der Waals surface area contributed by atoms with Gasteiger partial charge in [0.25, 0.3) is 0 Å². The van der Waals surface area contributed by atoms with E-state index in [1.54, 1.807) is 12.3 Å². The summed E-state index contributed by atoms with van der Waals surface area (Å²) in [5.74, 6) is 1.74. The van der Waals surface area contributed by atoms with Crippen LogP contribution in [0.2, 0.25) is 0 Å². The summed E-state index contributed by atoms with van der Waals surface area (Å²) in [6.45, 7) is 8.12. The van der Waals surface area contributed by atoms with E-state index in [1.165, 1.54) is 6.08 Å². The number of hydrogen-bond donors (Lipinski definition) is 0. The molecule has 0 spiro atoms. The Balaban J connectivity index is 2.41. The van der Waals surface area contributed by atoms with Gasteiger partial charge in [-0.05, 0) is 68.0 Å². The molecule has 0 radical (unpaired) electrons. The first kappa shape index (κ1) is 29.9. The van der Waals surface area contributed by atoms with Crippen molar-refractivity contribution in [3.63, 3.8) is 0 Å². The van der Waals surface area contributed by atoms with Crippen molar-refractivity contribution in [2.24, 2.45) is 5.16 Å². The molecule has 9 heteroatoms. The smallest absolute Gasteiger partial charge is 0.138 e. The molecule has 0 heterocycles. The quantitative estimate of drug-likeness (QED) is 0.115. The van der Waals surface area contributed by atoms with Crippen molar-refractivity contribution < 1.29 is 19.0 Å². The average Bonchev–Trinajstić information content (AvgIpc) is 2.77. The van der Waals surface area contributed by atoms with Crippen LogP contribution >= 0.6 is 46.4 Å². The van der Waals surface area contributed by atoms with Gasteiger partial charge in [0.2, 0.25) is 0 Å². The first-order chi connectivity index (χ1) is 15.9. The Morgan fingerprint density at radius 3 is 2.21 bits per heavy atom. The molecule has 0 bridgehead atoms. The molecule has 0 aliphatic heterocycles. The minimum atomic E-state index is 0.0748. The maximum atomic E-state index is 6.33. The third-order valence-electron chi connectivity index (χ3n) is 4.54. The van der Waals surface area contributed by atoms with Crippen LogP contribution in [-0.2, 0) is 22.4 Å². The third-order valence-corrected chi connectivity index (χ3v) is 5.15. The molecule has 1 atom stereocenters. The van der Waals surface area contributed by atoms with E-state index in [-0.39, 0.29) is 21.7 Å². The molecule has 0 aliphatic carbocycles. The van der Waals surface area contributed by atoms with Gasteiger partial charge in [-0.3, -0.25) is 0 Å². The molecule has 0 amide bonds. The minimum absolute atomic E-state index is 0.0748. The number of benzene rings is 1. The molecular formula is C24H33Cl4NO4. The molecule has 33 heavy (non-hydrogen) atoms. The lowest BCUT2D eigenvalue weighted by Gasteiger charge is -2.21. The number of hydrogen-bond acceptors (Lipinski definition) is 5. The van der Waals surface area contributed by atoms with Gasteiger partial charge in [0, 0.05) is 19.2 Å². The molecule has 5 nitrogen and oxygen atoms in total. The van der Waals surface area contributed by atoms with E-state index in [1.807, 2.05) is 12.1 Å². The van der Waals surface area contributed by atoms with Crippen molar-refractivity contribution in [3.8, 4) is 11.5 Å². The molecule has 186 valence electrons. The zero-order valence-electron chi connectivity index (χ0n) is 19.4. The zero-order chi connectivity index (χ0) is 24.5. The molecule has 1 aromatic carbocycles. The Morgan fingerprint density at radius 1 is 0.970 bits per heavy atom. The van der Waals surface area contributed by atoms with Crippen LogP contribution in [0.5, 0.6) is 11.5 Å². The summed E-state index contributed by atoms with van der Waals surface area (Å²) < 4.78 is 18.1. The van der Waals surface area contributed by atoms with Gasteiger partial charge in [-0.2, -0.15) is 0 Å². The standard InChI is InChI=1S/C24H33Cl4NO4/c1-4-19-16-21(31-14-9-22(25)26)17-20(5-2)24(19)33-18(3)8-6-12-30-13-7-11-29-32-15-10-23(27)28/h9-11,16-18H,4-8,12-15H2,1-3H3. The van der Waals surface area contributed by atoms with E-state index >= 15 is 0 Å². The van der Waals surface area contributed by atoms with E-state index in [0.717, 1.165) is 48.3 Å². The van der Waals surface area contributed by atoms with Gasteiger partial charge in [0.1, 0.15) is 33.7 Å². The van der Waals surface area contributed by atoms with Gasteiger partial charge in [-0.15, -0.1) is 0 Å². The van der Waals surface area contributed by atoms with Gasteiger partial charge in [0.15, 0.2) is 0 Å². The van der Waals surface area contributed by atoms with Crippen molar-refractivity contribution in [1.29, 1.82) is 0 Å². The van der Waals surface area contributed by atoms with Gasteiger partial charge in [0.05, 0.1) is 12.7 Å². The van der Waals surface area contributed by atoms with E-state index in [4.69, 9.17) is 65.5 Å². The Labute approximate surface area is 217 Å². The predicted molar refractivity (Wildman–Crippen MR) is 139 cm³/mol. The highest BCUT2D eigenvalue weighted by Gasteiger charge is 2.14. The molecule has 0 saturated carbocycles. The normalized spacial score (nSPS) is 11.8. The number of rotatable bonds is 17. The van der Waals surface area contributed by atoms with Crippen LogP contribution in [0.15, 0.2) is 38.4 Å². The summed E-state index contributed by atoms with van der Waals surface area (Å²) in [6.07, 6.45) is 9.05. The highest BCUT2D eigenvalue weighted by Crippen LogP contribution is 2.32. The van der Waals surface area contributed by atoms with E-state index < -0.39 is 0 Å². The Kier molecular flexibility index (Phi) is 16.5. The predicted octanol–water partition coefficient (Wildman–Crippen LogP) is 7.78. The Morgan fingerprint density at radius 2 is 1.61 bits per heavy atom. The topological polar surface area (TPSA) is 49.3 Å². The zero-order valence-corrected chi connectivity index (χ0v) is 22.4. The second-order valence-electron chi connectivity index (χ2n) is 7.13. The van der Waals surface area contributed by atoms with Crippen molar-refractivity contribution >= 4 is 52.6 Å². The monoisotopic (exact) mass is 539 g/mol. The average molecular weight is 541 g/mol. The molecular weight excluding hydrogens is 508 g/mol. The summed E-state index contributed by atoms with van der Waals surface area (Å²) >= 11 is 22.2. The maximum absolute atomic E-state index is 6.33. The van der Waals surface area contributed by atoms with Gasteiger partial charge in [-0.25, -0.2) is 0 Å². The highest BCUT2D eigenvalue weighted by molar-refractivity contribution is 6.56. The molecule has 1 rings (SSSR count). The SMILES string of the molecule is CCc1cc(OCC=C(Cl)Cl)cc(CC)c1OC(C)CCCOCCC=NOCC=C(Cl)Cl. The summed E-state index contributed by atoms with van der Waals surface area (Å²) in [6, 6.07) is 4.04. The summed E-state index contributed by atoms with van der Waals surface area (Å²) in [4.78, 5) is 4.97. The number of aryl methyl sites for hydroxylation is 2. The summed E-state index contributed by atoms with van der Waals surface area (Å²) in [7, 11) is 0. The number of halogens is 4. The number of nitrogens with zero attached hydrogens (tertiary/aromatic N) is 1. The largest absolute Gasteiger partial charge is 0.490 e. The van der Waals surface area contributed by atoms with Crippen LogP contribution in [0, 0.1) is 0 Å². The molecule has 0 aromatic heterocycles. The fourth-order valence-electron chi connectivity index (χ4n) is 2.90. The van der Waals surface area contributed by atoms with E-state index in [9.17, 15) is 0 Å². The lowest BCUT2D eigenvalue weighted by molar-refractivity contribution is 0.121. The van der Waals surface area contributed by atoms with Crippen molar-refractivity contribution in [2.45, 2.75) is 59.0 Å². The van der Waals surface area contributed by atoms with Crippen molar-refractivity contribution in [3.05, 3.63) is 44.4 Å². The lowest BCUT2D eigenvalue weighted by atomic mass is 10.0. The van der Waals surface area contributed by atoms with Crippen LogP contribution in [0.1, 0.15) is 51.2 Å². The van der Waals surface area contributed by atoms with Gasteiger partial charge in [-0.1, -0.05) is 65.4 Å². The molecule has 1 aromatic rings. The summed E-state index contributed by atoms with van der Waals surface area (Å²) in [5, 5.41) is 3.79. The first-order valence-corrected chi connectivity index (χ1v) is 12.6. The first-order valence-electron chi connectivity index (χ1n) is 11.1. The van der Waals surface area contributed by atoms with Gasteiger partial charge >= 0.3 is 0 Å². The molecule has 0 aliphatic rings. The second kappa shape index (κ2) is 18.2. The minimum Gasteiger partial charge on any atom is -0.490 e. The molecule has 0 N–H and O–H groups in total. The molecule has 1 unspecified atom stereocenters. The van der Waals surface area contributed by atoms with Crippen molar-refractivity contribution in [1.82, 2.24) is 0 Å². The fourth-order valence-corrected chi connectivity index (χ4v) is 3.16. The van der Waals surface area contributed by atoms with Crippen molar-refractivity contribution in [2.75, 3.05) is 26.4 Å². The highest BCUT2D eigenvalue weighted by atomic mass is 35.5. The van der Waals surface area contributed by atoms with E-state index in [2.05, 4.69) is 25.9 Å². The van der Waals surface area contributed by atoms with Crippen LogP contribution < -0.4 is 9.47 Å². The third kappa shape index (κ3) is 14.0. The van der Waals surface area contributed by atoms with E-state index in [0.29, 0.717) is 26.2 Å². The van der Waals surface area contributed by atoms with Crippen LogP contribution in [-0.4, -0.2) is 38.7 Å². The maximum Gasteiger partial charge on any atom is 0.138 e. The fraction of sp³-hybridized carbons (Fsp3) is 0.542. The Bertz CT molecular complexity index is 751. The Hall–Kier alpha value is -1.11.